The number of aromatic nitrogens is 1. The lowest BCUT2D eigenvalue weighted by molar-refractivity contribution is -0.227. The highest BCUT2D eigenvalue weighted by Crippen LogP contribution is 2.43. The van der Waals surface area contributed by atoms with Crippen molar-refractivity contribution in [1.82, 2.24) is 4.98 Å². The number of pyridine rings is 1. The van der Waals surface area contributed by atoms with E-state index in [2.05, 4.69) is 20.9 Å². The lowest BCUT2D eigenvalue weighted by Crippen LogP contribution is -2.62. The summed E-state index contributed by atoms with van der Waals surface area (Å²) in [5.74, 6) is -0.191. The highest BCUT2D eigenvalue weighted by molar-refractivity contribution is 9.10. The molecule has 29 heavy (non-hydrogen) atoms. The summed E-state index contributed by atoms with van der Waals surface area (Å²) in [6.07, 6.45) is 1.26. The average Bonchev–Trinajstić information content (AvgIpc) is 2.62. The summed E-state index contributed by atoms with van der Waals surface area (Å²) < 4.78 is 23.5. The van der Waals surface area contributed by atoms with Crippen molar-refractivity contribution in [2.24, 2.45) is 0 Å². The lowest BCUT2D eigenvalue weighted by atomic mass is 9.71. The van der Waals surface area contributed by atoms with Crippen molar-refractivity contribution in [2.45, 2.75) is 57.5 Å². The van der Waals surface area contributed by atoms with Crippen LogP contribution in [0.4, 0.5) is 0 Å². The van der Waals surface area contributed by atoms with Crippen LogP contribution >= 0.6 is 15.9 Å². The van der Waals surface area contributed by atoms with Crippen molar-refractivity contribution in [3.8, 4) is 5.75 Å². The van der Waals surface area contributed by atoms with Crippen LogP contribution in [0.1, 0.15) is 33.6 Å². The average molecular weight is 466 g/mol. The van der Waals surface area contributed by atoms with Gasteiger partial charge in [-0.2, -0.15) is 0 Å². The predicted molar refractivity (Wildman–Crippen MR) is 110 cm³/mol. The van der Waals surface area contributed by atoms with E-state index < -0.39 is 29.7 Å². The first-order valence-electron chi connectivity index (χ1n) is 9.34. The number of benzene rings is 1. The number of hydrogen-bond acceptors (Lipinski definition) is 7. The monoisotopic (exact) mass is 465 g/mol. The normalized spacial score (nSPS) is 23.0. The minimum absolute atomic E-state index is 0.120. The number of esters is 2. The van der Waals surface area contributed by atoms with Gasteiger partial charge in [0.15, 0.2) is 6.10 Å². The summed E-state index contributed by atoms with van der Waals surface area (Å²) >= 11 is 3.41. The van der Waals surface area contributed by atoms with Gasteiger partial charge in [0.1, 0.15) is 23.6 Å². The Balaban J connectivity index is 1.71. The molecule has 1 saturated carbocycles. The van der Waals surface area contributed by atoms with E-state index in [4.69, 9.17) is 18.9 Å². The van der Waals surface area contributed by atoms with Crippen molar-refractivity contribution >= 4 is 38.8 Å². The molecule has 7 nitrogen and oxygen atoms in total. The maximum atomic E-state index is 11.6. The molecule has 3 rings (SSSR count). The van der Waals surface area contributed by atoms with E-state index in [1.807, 2.05) is 24.3 Å². The van der Waals surface area contributed by atoms with E-state index in [0.29, 0.717) is 18.6 Å². The topological polar surface area (TPSA) is 84.0 Å². The molecule has 1 aliphatic rings. The minimum Gasteiger partial charge on any atom is -0.490 e. The van der Waals surface area contributed by atoms with Gasteiger partial charge in [0.05, 0.1) is 5.52 Å². The number of nitrogens with zero attached hydrogens (tertiary/aromatic N) is 1. The Morgan fingerprint density at radius 3 is 2.48 bits per heavy atom. The molecule has 0 aliphatic heterocycles. The number of methoxy groups -OCH3 is 1. The molecular formula is C21H24BrNO6. The number of ether oxygens (including phenoxy) is 4. The third-order valence-electron chi connectivity index (χ3n) is 5.07. The van der Waals surface area contributed by atoms with E-state index in [-0.39, 0.29) is 6.10 Å². The summed E-state index contributed by atoms with van der Waals surface area (Å²) in [7, 11) is 1.56. The van der Waals surface area contributed by atoms with Crippen LogP contribution in [0, 0.1) is 0 Å². The molecule has 8 heteroatoms. The quantitative estimate of drug-likeness (QED) is 0.574. The smallest absolute Gasteiger partial charge is 0.303 e. The molecule has 0 amide bonds. The van der Waals surface area contributed by atoms with Crippen LogP contribution in [-0.4, -0.2) is 47.9 Å². The summed E-state index contributed by atoms with van der Waals surface area (Å²) in [5, 5.41) is 1.01. The van der Waals surface area contributed by atoms with Gasteiger partial charge in [-0.15, -0.1) is 0 Å². The molecule has 0 bridgehead atoms. The van der Waals surface area contributed by atoms with Gasteiger partial charge in [-0.25, -0.2) is 0 Å². The maximum Gasteiger partial charge on any atom is 0.303 e. The molecule has 1 aromatic heterocycles. The first-order chi connectivity index (χ1) is 13.7. The molecule has 0 saturated heterocycles. The molecule has 1 fully saturated rings. The molecule has 1 aliphatic carbocycles. The Kier molecular flexibility index (Phi) is 6.43. The fourth-order valence-electron chi connectivity index (χ4n) is 3.78. The molecule has 1 heterocycles. The van der Waals surface area contributed by atoms with E-state index >= 15 is 0 Å². The number of carbonyl (C=O) groups is 2. The third kappa shape index (κ3) is 4.87. The molecule has 0 unspecified atom stereocenters. The second kappa shape index (κ2) is 8.67. The molecule has 0 spiro atoms. The molecular weight excluding hydrogens is 442 g/mol. The summed E-state index contributed by atoms with van der Waals surface area (Å²) in [6, 6.07) is 7.73. The lowest BCUT2D eigenvalue weighted by Gasteiger charge is -2.50. The zero-order valence-corrected chi connectivity index (χ0v) is 18.4. The van der Waals surface area contributed by atoms with Gasteiger partial charge in [-0.05, 0) is 41.1 Å². The SMILES string of the molecule is COC1([C@@H](OC(C)=O)[C@H](C)OC(C)=O)CC(Oc2ccc3cc(Br)cnc3c2)C1. The van der Waals surface area contributed by atoms with Gasteiger partial charge in [-0.1, -0.05) is 0 Å². The Bertz CT molecular complexity index is 911. The molecule has 2 aromatic rings. The molecule has 156 valence electrons. The van der Waals surface area contributed by atoms with E-state index in [1.165, 1.54) is 13.8 Å². The van der Waals surface area contributed by atoms with Gasteiger partial charge in [0, 0.05) is 55.9 Å². The molecule has 2 atom stereocenters. The van der Waals surface area contributed by atoms with Crippen LogP contribution < -0.4 is 4.74 Å². The Morgan fingerprint density at radius 1 is 1.17 bits per heavy atom. The molecule has 0 N–H and O–H groups in total. The Morgan fingerprint density at radius 2 is 1.86 bits per heavy atom. The van der Waals surface area contributed by atoms with E-state index in [9.17, 15) is 9.59 Å². The fourth-order valence-corrected chi connectivity index (χ4v) is 4.13. The second-order valence-corrected chi connectivity index (χ2v) is 8.19. The Hall–Kier alpha value is -2.19. The summed E-state index contributed by atoms with van der Waals surface area (Å²) in [5.41, 5.74) is 0.0647. The van der Waals surface area contributed by atoms with Gasteiger partial charge in [0.2, 0.25) is 0 Å². The first kappa shape index (κ1) is 21.5. The third-order valence-corrected chi connectivity index (χ3v) is 5.50. The van der Waals surface area contributed by atoms with E-state index in [0.717, 1.165) is 15.4 Å². The van der Waals surface area contributed by atoms with Crippen molar-refractivity contribution in [1.29, 1.82) is 0 Å². The first-order valence-corrected chi connectivity index (χ1v) is 10.1. The summed E-state index contributed by atoms with van der Waals surface area (Å²) in [6.45, 7) is 4.33. The van der Waals surface area contributed by atoms with Crippen molar-refractivity contribution in [2.75, 3.05) is 7.11 Å². The Labute approximate surface area is 177 Å². The number of fused-ring (bicyclic) bond motifs is 1. The molecule has 0 radical (unpaired) electrons. The van der Waals surface area contributed by atoms with Gasteiger partial charge in [-0.3, -0.25) is 14.6 Å². The van der Waals surface area contributed by atoms with Crippen LogP contribution in [0.5, 0.6) is 5.75 Å². The zero-order valence-electron chi connectivity index (χ0n) is 16.8. The van der Waals surface area contributed by atoms with Crippen molar-refractivity contribution in [3.63, 3.8) is 0 Å². The number of rotatable bonds is 7. The van der Waals surface area contributed by atoms with Gasteiger partial charge in [0.25, 0.3) is 0 Å². The fraction of sp³-hybridized carbons (Fsp3) is 0.476. The van der Waals surface area contributed by atoms with Crippen molar-refractivity contribution < 1.29 is 28.5 Å². The number of carbonyl (C=O) groups excluding carboxylic acids is 2. The van der Waals surface area contributed by atoms with Crippen LogP contribution in [0.3, 0.4) is 0 Å². The number of hydrogen-bond donors (Lipinski definition) is 0. The maximum absolute atomic E-state index is 11.6. The van der Waals surface area contributed by atoms with Crippen LogP contribution in [0.25, 0.3) is 10.9 Å². The van der Waals surface area contributed by atoms with Crippen LogP contribution in [-0.2, 0) is 23.8 Å². The largest absolute Gasteiger partial charge is 0.490 e. The zero-order chi connectivity index (χ0) is 21.2. The summed E-state index contributed by atoms with van der Waals surface area (Å²) in [4.78, 5) is 27.4. The predicted octanol–water partition coefficient (Wildman–Crippen LogP) is 3.81. The van der Waals surface area contributed by atoms with E-state index in [1.54, 1.807) is 20.2 Å². The van der Waals surface area contributed by atoms with Crippen molar-refractivity contribution in [3.05, 3.63) is 34.9 Å². The number of halogens is 1. The highest BCUT2D eigenvalue weighted by atomic mass is 79.9. The second-order valence-electron chi connectivity index (χ2n) is 7.27. The minimum atomic E-state index is -0.773. The standard InChI is InChI=1S/C21H24BrNO6/c1-12(27-13(2)24)20(28-14(3)25)21(26-4)9-18(10-21)29-17-6-5-15-7-16(22)11-23-19(15)8-17/h5-8,11-12,18,20H,9-10H2,1-4H3/t12-,18?,20-,21?/m0/s1. The van der Waals surface area contributed by atoms with Crippen LogP contribution in [0.15, 0.2) is 34.9 Å². The highest BCUT2D eigenvalue weighted by Gasteiger charge is 2.56. The van der Waals surface area contributed by atoms with Crippen LogP contribution in [0.2, 0.25) is 0 Å². The van der Waals surface area contributed by atoms with Gasteiger partial charge < -0.3 is 18.9 Å². The van der Waals surface area contributed by atoms with Gasteiger partial charge >= 0.3 is 11.9 Å². The molecule has 1 aromatic carbocycles.